The van der Waals surface area contributed by atoms with Gasteiger partial charge in [0, 0.05) is 18.6 Å². The highest BCUT2D eigenvalue weighted by molar-refractivity contribution is 4.76. The van der Waals surface area contributed by atoms with Crippen molar-refractivity contribution in [2.45, 2.75) is 72.4 Å². The summed E-state index contributed by atoms with van der Waals surface area (Å²) < 4.78 is 0. The highest BCUT2D eigenvalue weighted by Gasteiger charge is 2.18. The van der Waals surface area contributed by atoms with Gasteiger partial charge in [-0.1, -0.05) is 40.5 Å². The van der Waals surface area contributed by atoms with E-state index in [0.717, 1.165) is 6.54 Å². The third-order valence-corrected chi connectivity index (χ3v) is 3.83. The van der Waals surface area contributed by atoms with Gasteiger partial charge in [0.05, 0.1) is 0 Å². The van der Waals surface area contributed by atoms with E-state index in [1.165, 1.54) is 32.2 Å². The third kappa shape index (κ3) is 5.86. The highest BCUT2D eigenvalue weighted by Crippen LogP contribution is 2.11. The van der Waals surface area contributed by atoms with Crippen molar-refractivity contribution in [3.05, 3.63) is 0 Å². The van der Waals surface area contributed by atoms with Gasteiger partial charge >= 0.3 is 0 Å². The standard InChI is InChI=1S/C14H32N2/c1-6-9-10-16(13(5)8-3)11-14(15)12(4)7-2/h12-14H,6-11,15H2,1-5H3. The van der Waals surface area contributed by atoms with Gasteiger partial charge in [0.15, 0.2) is 0 Å². The van der Waals surface area contributed by atoms with Crippen LogP contribution in [0.3, 0.4) is 0 Å². The molecule has 0 radical (unpaired) electrons. The molecule has 0 aliphatic heterocycles. The number of hydrogen-bond acceptors (Lipinski definition) is 2. The minimum atomic E-state index is 0.329. The molecule has 16 heavy (non-hydrogen) atoms. The monoisotopic (exact) mass is 228 g/mol. The van der Waals surface area contributed by atoms with Crippen LogP contribution in [0, 0.1) is 5.92 Å². The van der Waals surface area contributed by atoms with E-state index < -0.39 is 0 Å². The SMILES string of the molecule is CCCCN(CC(N)C(C)CC)C(C)CC. The highest BCUT2D eigenvalue weighted by atomic mass is 15.2. The molecular weight excluding hydrogens is 196 g/mol. The van der Waals surface area contributed by atoms with Crippen molar-refractivity contribution in [3.63, 3.8) is 0 Å². The smallest absolute Gasteiger partial charge is 0.0193 e. The molecule has 0 aromatic heterocycles. The summed E-state index contributed by atoms with van der Waals surface area (Å²) in [5.41, 5.74) is 6.25. The normalized spacial score (nSPS) is 17.4. The molecule has 3 atom stereocenters. The van der Waals surface area contributed by atoms with Crippen LogP contribution in [0.4, 0.5) is 0 Å². The molecule has 0 aromatic rings. The topological polar surface area (TPSA) is 29.3 Å². The third-order valence-electron chi connectivity index (χ3n) is 3.83. The second-order valence-electron chi connectivity index (χ2n) is 5.16. The fraction of sp³-hybridized carbons (Fsp3) is 1.00. The minimum Gasteiger partial charge on any atom is -0.326 e. The molecule has 0 aliphatic carbocycles. The lowest BCUT2D eigenvalue weighted by atomic mass is 9.99. The van der Waals surface area contributed by atoms with Crippen LogP contribution in [-0.4, -0.2) is 30.1 Å². The molecule has 2 heteroatoms. The van der Waals surface area contributed by atoms with Gasteiger partial charge < -0.3 is 5.73 Å². The van der Waals surface area contributed by atoms with Gasteiger partial charge in [0.2, 0.25) is 0 Å². The Hall–Kier alpha value is -0.0800. The molecule has 0 fully saturated rings. The Morgan fingerprint density at radius 3 is 2.12 bits per heavy atom. The first kappa shape index (κ1) is 15.9. The number of nitrogens with zero attached hydrogens (tertiary/aromatic N) is 1. The summed E-state index contributed by atoms with van der Waals surface area (Å²) in [6.07, 6.45) is 4.96. The van der Waals surface area contributed by atoms with E-state index >= 15 is 0 Å². The summed E-state index contributed by atoms with van der Waals surface area (Å²) >= 11 is 0. The quantitative estimate of drug-likeness (QED) is 0.656. The second-order valence-corrected chi connectivity index (χ2v) is 5.16. The molecule has 3 unspecified atom stereocenters. The Bertz CT molecular complexity index is 159. The molecule has 2 nitrogen and oxygen atoms in total. The summed E-state index contributed by atoms with van der Waals surface area (Å²) in [6.45, 7) is 13.6. The molecule has 0 aliphatic rings. The first-order valence-corrected chi connectivity index (χ1v) is 7.06. The van der Waals surface area contributed by atoms with E-state index in [2.05, 4.69) is 39.5 Å². The summed E-state index contributed by atoms with van der Waals surface area (Å²) in [5, 5.41) is 0. The molecule has 0 saturated heterocycles. The summed E-state index contributed by atoms with van der Waals surface area (Å²) in [7, 11) is 0. The average Bonchev–Trinajstić information content (AvgIpc) is 2.31. The molecule has 0 saturated carbocycles. The Morgan fingerprint density at radius 1 is 1.06 bits per heavy atom. The maximum atomic E-state index is 6.25. The van der Waals surface area contributed by atoms with Gasteiger partial charge in [0.1, 0.15) is 0 Å². The fourth-order valence-electron chi connectivity index (χ4n) is 1.86. The van der Waals surface area contributed by atoms with Gasteiger partial charge in [-0.3, -0.25) is 4.90 Å². The first-order chi connectivity index (χ1) is 7.56. The Balaban J connectivity index is 4.18. The lowest BCUT2D eigenvalue weighted by molar-refractivity contribution is 0.174. The van der Waals surface area contributed by atoms with Crippen LogP contribution >= 0.6 is 0 Å². The van der Waals surface area contributed by atoms with Crippen LogP contribution in [0.1, 0.15) is 60.3 Å². The van der Waals surface area contributed by atoms with Crippen LogP contribution in [0.5, 0.6) is 0 Å². The van der Waals surface area contributed by atoms with E-state index in [1.807, 2.05) is 0 Å². The Labute approximate surface area is 103 Å². The van der Waals surface area contributed by atoms with Gasteiger partial charge in [0.25, 0.3) is 0 Å². The molecule has 0 spiro atoms. The van der Waals surface area contributed by atoms with E-state index in [0.29, 0.717) is 18.0 Å². The van der Waals surface area contributed by atoms with Crippen LogP contribution in [0.2, 0.25) is 0 Å². The number of hydrogen-bond donors (Lipinski definition) is 1. The van der Waals surface area contributed by atoms with Crippen LogP contribution in [-0.2, 0) is 0 Å². The van der Waals surface area contributed by atoms with Gasteiger partial charge in [-0.25, -0.2) is 0 Å². The molecule has 0 bridgehead atoms. The summed E-state index contributed by atoms with van der Waals surface area (Å²) in [6, 6.07) is 0.998. The largest absolute Gasteiger partial charge is 0.326 e. The van der Waals surface area contributed by atoms with Crippen molar-refractivity contribution in [3.8, 4) is 0 Å². The predicted octanol–water partition coefficient (Wildman–Crippen LogP) is 3.26. The van der Waals surface area contributed by atoms with Crippen molar-refractivity contribution in [1.29, 1.82) is 0 Å². The van der Waals surface area contributed by atoms with Gasteiger partial charge in [-0.05, 0) is 32.2 Å². The molecule has 2 N–H and O–H groups in total. The van der Waals surface area contributed by atoms with Gasteiger partial charge in [-0.2, -0.15) is 0 Å². The molecule has 98 valence electrons. The molecule has 0 amide bonds. The van der Waals surface area contributed by atoms with Crippen molar-refractivity contribution in [2.75, 3.05) is 13.1 Å². The zero-order valence-corrected chi connectivity index (χ0v) is 12.0. The van der Waals surface area contributed by atoms with E-state index in [4.69, 9.17) is 5.73 Å². The average molecular weight is 228 g/mol. The van der Waals surface area contributed by atoms with Gasteiger partial charge in [-0.15, -0.1) is 0 Å². The Morgan fingerprint density at radius 2 is 1.69 bits per heavy atom. The van der Waals surface area contributed by atoms with Crippen LogP contribution in [0.15, 0.2) is 0 Å². The number of nitrogens with two attached hydrogens (primary N) is 1. The van der Waals surface area contributed by atoms with Crippen LogP contribution in [0.25, 0.3) is 0 Å². The van der Waals surface area contributed by atoms with Crippen LogP contribution < -0.4 is 5.73 Å². The van der Waals surface area contributed by atoms with E-state index in [-0.39, 0.29) is 0 Å². The lowest BCUT2D eigenvalue weighted by Crippen LogP contribution is -2.45. The molecule has 0 aromatic carbocycles. The second kappa shape index (κ2) is 9.00. The molecular formula is C14H32N2. The number of rotatable bonds is 9. The maximum absolute atomic E-state index is 6.25. The van der Waals surface area contributed by atoms with E-state index in [1.54, 1.807) is 0 Å². The van der Waals surface area contributed by atoms with Crippen molar-refractivity contribution in [2.24, 2.45) is 11.7 Å². The zero-order valence-electron chi connectivity index (χ0n) is 12.0. The van der Waals surface area contributed by atoms with Crippen molar-refractivity contribution >= 4 is 0 Å². The van der Waals surface area contributed by atoms with E-state index in [9.17, 15) is 0 Å². The number of unbranched alkanes of at least 4 members (excludes halogenated alkanes) is 1. The molecule has 0 rings (SSSR count). The summed E-state index contributed by atoms with van der Waals surface area (Å²) in [4.78, 5) is 2.57. The first-order valence-electron chi connectivity index (χ1n) is 7.06. The maximum Gasteiger partial charge on any atom is 0.0193 e. The summed E-state index contributed by atoms with van der Waals surface area (Å²) in [5.74, 6) is 0.633. The predicted molar refractivity (Wildman–Crippen MR) is 73.7 cm³/mol. The minimum absolute atomic E-state index is 0.329. The Kier molecular flexibility index (Phi) is 8.96. The molecule has 0 heterocycles. The lowest BCUT2D eigenvalue weighted by Gasteiger charge is -2.32. The van der Waals surface area contributed by atoms with Crippen molar-refractivity contribution < 1.29 is 0 Å². The fourth-order valence-corrected chi connectivity index (χ4v) is 1.86. The van der Waals surface area contributed by atoms with Crippen molar-refractivity contribution in [1.82, 2.24) is 4.90 Å². The zero-order chi connectivity index (χ0) is 12.6.